The van der Waals surface area contributed by atoms with E-state index in [0.717, 1.165) is 38.4 Å². The smallest absolute Gasteiger partial charge is 0.255 e. The molecule has 9 heteroatoms. The molecular formula is C18H27N3O5S. The summed E-state index contributed by atoms with van der Waals surface area (Å²) < 4.78 is 36.0. The third-order valence-corrected chi connectivity index (χ3v) is 5.81. The molecule has 2 rings (SSSR count). The first kappa shape index (κ1) is 21.2. The van der Waals surface area contributed by atoms with Crippen molar-refractivity contribution in [1.82, 2.24) is 9.73 Å². The van der Waals surface area contributed by atoms with Crippen LogP contribution in [0.25, 0.3) is 0 Å². The van der Waals surface area contributed by atoms with E-state index >= 15 is 0 Å². The van der Waals surface area contributed by atoms with Crippen LogP contribution < -0.4 is 14.9 Å². The van der Waals surface area contributed by atoms with Crippen LogP contribution in [0.4, 0.5) is 0 Å². The van der Waals surface area contributed by atoms with Gasteiger partial charge in [-0.3, -0.25) is 4.79 Å². The van der Waals surface area contributed by atoms with Crippen LogP contribution >= 0.6 is 0 Å². The molecule has 0 spiro atoms. The van der Waals surface area contributed by atoms with Crippen molar-refractivity contribution in [2.24, 2.45) is 5.10 Å². The summed E-state index contributed by atoms with van der Waals surface area (Å²) in [5, 5.41) is 3.92. The van der Waals surface area contributed by atoms with E-state index in [9.17, 15) is 13.2 Å². The van der Waals surface area contributed by atoms with Crippen molar-refractivity contribution in [3.63, 3.8) is 0 Å². The van der Waals surface area contributed by atoms with Crippen molar-refractivity contribution in [3.8, 4) is 11.5 Å². The minimum absolute atomic E-state index is 0.123. The highest BCUT2D eigenvalue weighted by Gasteiger charge is 2.29. The van der Waals surface area contributed by atoms with Gasteiger partial charge in [-0.2, -0.15) is 9.41 Å². The maximum absolute atomic E-state index is 12.2. The molecule has 1 saturated carbocycles. The number of methoxy groups -OCH3 is 2. The molecule has 1 N–H and O–H groups in total. The minimum Gasteiger partial charge on any atom is -0.493 e. The molecule has 0 atom stereocenters. The van der Waals surface area contributed by atoms with Gasteiger partial charge in [-0.05, 0) is 25.0 Å². The van der Waals surface area contributed by atoms with Gasteiger partial charge in [-0.25, -0.2) is 13.8 Å². The molecular weight excluding hydrogens is 370 g/mol. The number of hydrazone groups is 1. The van der Waals surface area contributed by atoms with Gasteiger partial charge in [0, 0.05) is 11.6 Å². The van der Waals surface area contributed by atoms with E-state index in [4.69, 9.17) is 9.47 Å². The molecule has 1 amide bonds. The molecule has 150 valence electrons. The molecule has 0 heterocycles. The van der Waals surface area contributed by atoms with Crippen LogP contribution in [0.3, 0.4) is 0 Å². The van der Waals surface area contributed by atoms with Crippen LogP contribution in [-0.2, 0) is 14.8 Å². The number of carbonyl (C=O) groups excluding carboxylic acids is 1. The van der Waals surface area contributed by atoms with Crippen LogP contribution in [0, 0.1) is 0 Å². The molecule has 1 fully saturated rings. The van der Waals surface area contributed by atoms with Crippen molar-refractivity contribution in [2.45, 2.75) is 38.1 Å². The van der Waals surface area contributed by atoms with Crippen molar-refractivity contribution in [3.05, 3.63) is 23.8 Å². The van der Waals surface area contributed by atoms with Crippen LogP contribution in [0.1, 0.15) is 37.7 Å². The van der Waals surface area contributed by atoms with E-state index < -0.39 is 15.9 Å². The number of hydrogen-bond donors (Lipinski definition) is 1. The van der Waals surface area contributed by atoms with E-state index in [2.05, 4.69) is 10.5 Å². The minimum atomic E-state index is -3.47. The van der Waals surface area contributed by atoms with Gasteiger partial charge in [0.15, 0.2) is 11.5 Å². The first-order valence-corrected chi connectivity index (χ1v) is 10.7. The first-order chi connectivity index (χ1) is 12.9. The number of ether oxygens (including phenoxy) is 2. The molecule has 1 aliphatic carbocycles. The van der Waals surface area contributed by atoms with E-state index in [0.29, 0.717) is 17.1 Å². The quantitative estimate of drug-likeness (QED) is 0.532. The Hall–Kier alpha value is -2.13. The molecule has 0 aliphatic heterocycles. The van der Waals surface area contributed by atoms with Crippen LogP contribution in [0.5, 0.6) is 11.5 Å². The Labute approximate surface area is 160 Å². The molecule has 0 radical (unpaired) electrons. The zero-order valence-electron chi connectivity index (χ0n) is 16.0. The molecule has 8 nitrogen and oxygen atoms in total. The second kappa shape index (κ2) is 9.70. The van der Waals surface area contributed by atoms with Crippen molar-refractivity contribution in [2.75, 3.05) is 27.0 Å². The highest BCUT2D eigenvalue weighted by Crippen LogP contribution is 2.29. The van der Waals surface area contributed by atoms with E-state index in [1.54, 1.807) is 18.2 Å². The highest BCUT2D eigenvalue weighted by molar-refractivity contribution is 7.88. The van der Waals surface area contributed by atoms with Gasteiger partial charge in [0.25, 0.3) is 5.91 Å². The van der Waals surface area contributed by atoms with Crippen LogP contribution in [0.15, 0.2) is 23.3 Å². The van der Waals surface area contributed by atoms with Crippen molar-refractivity contribution >= 4 is 22.1 Å². The number of amides is 1. The Morgan fingerprint density at radius 2 is 1.96 bits per heavy atom. The van der Waals surface area contributed by atoms with Gasteiger partial charge in [-0.15, -0.1) is 0 Å². The lowest BCUT2D eigenvalue weighted by Gasteiger charge is -2.31. The number of rotatable bonds is 8. The third-order valence-electron chi connectivity index (χ3n) is 4.53. The Morgan fingerprint density at radius 3 is 2.56 bits per heavy atom. The lowest BCUT2D eigenvalue weighted by molar-refractivity contribution is -0.121. The standard InChI is InChI=1S/C18H27N3O5S/c1-25-16-11-7-8-14(18(16)26-2)12-19-20-17(22)13-21(27(3,23)24)15-9-5-4-6-10-15/h7-8,11-12,15H,4-6,9-10,13H2,1-3H3,(H,20,22)/b19-12+. The summed E-state index contributed by atoms with van der Waals surface area (Å²) >= 11 is 0. The van der Waals surface area contributed by atoms with Crippen molar-refractivity contribution < 1.29 is 22.7 Å². The lowest BCUT2D eigenvalue weighted by Crippen LogP contribution is -2.45. The number of carbonyl (C=O) groups is 1. The van der Waals surface area contributed by atoms with E-state index in [1.807, 2.05) is 0 Å². The number of para-hydroxylation sites is 1. The molecule has 0 aromatic heterocycles. The summed E-state index contributed by atoms with van der Waals surface area (Å²) in [6.45, 7) is -0.240. The zero-order valence-corrected chi connectivity index (χ0v) is 16.8. The van der Waals surface area contributed by atoms with Gasteiger partial charge in [-0.1, -0.05) is 25.3 Å². The van der Waals surface area contributed by atoms with Gasteiger partial charge < -0.3 is 9.47 Å². The summed E-state index contributed by atoms with van der Waals surface area (Å²) in [6, 6.07) is 5.17. The normalized spacial score (nSPS) is 15.9. The first-order valence-electron chi connectivity index (χ1n) is 8.86. The topological polar surface area (TPSA) is 97.3 Å². The average molecular weight is 397 g/mol. The predicted molar refractivity (Wildman–Crippen MR) is 104 cm³/mol. The fourth-order valence-corrected chi connectivity index (χ4v) is 4.35. The second-order valence-electron chi connectivity index (χ2n) is 6.48. The fourth-order valence-electron chi connectivity index (χ4n) is 3.25. The third kappa shape index (κ3) is 5.93. The number of nitrogens with zero attached hydrogens (tertiary/aromatic N) is 2. The van der Waals surface area contributed by atoms with Gasteiger partial charge in [0.1, 0.15) is 0 Å². The fraction of sp³-hybridized carbons (Fsp3) is 0.556. The largest absolute Gasteiger partial charge is 0.493 e. The Kier molecular flexibility index (Phi) is 7.61. The molecule has 27 heavy (non-hydrogen) atoms. The molecule has 1 aromatic rings. The average Bonchev–Trinajstić information content (AvgIpc) is 2.65. The summed E-state index contributed by atoms with van der Waals surface area (Å²) in [5.74, 6) is 0.565. The second-order valence-corrected chi connectivity index (χ2v) is 8.41. The van der Waals surface area contributed by atoms with Crippen LogP contribution in [-0.4, -0.2) is 57.9 Å². The molecule has 0 bridgehead atoms. The lowest BCUT2D eigenvalue weighted by atomic mass is 9.95. The molecule has 1 aromatic carbocycles. The number of hydrogen-bond acceptors (Lipinski definition) is 6. The van der Waals surface area contributed by atoms with Gasteiger partial charge in [0.05, 0.1) is 33.2 Å². The molecule has 0 unspecified atom stereocenters. The van der Waals surface area contributed by atoms with Crippen LogP contribution in [0.2, 0.25) is 0 Å². The highest BCUT2D eigenvalue weighted by atomic mass is 32.2. The summed E-state index contributed by atoms with van der Waals surface area (Å²) in [7, 11) is -0.423. The summed E-state index contributed by atoms with van der Waals surface area (Å²) in [5.41, 5.74) is 3.02. The van der Waals surface area contributed by atoms with E-state index in [1.165, 1.54) is 24.7 Å². The number of benzene rings is 1. The Balaban J connectivity index is 2.03. The predicted octanol–water partition coefficient (Wildman–Crippen LogP) is 1.75. The monoisotopic (exact) mass is 397 g/mol. The Morgan fingerprint density at radius 1 is 1.26 bits per heavy atom. The number of sulfonamides is 1. The van der Waals surface area contributed by atoms with Crippen molar-refractivity contribution in [1.29, 1.82) is 0 Å². The van der Waals surface area contributed by atoms with E-state index in [-0.39, 0.29) is 12.6 Å². The summed E-state index contributed by atoms with van der Waals surface area (Å²) in [6.07, 6.45) is 7.20. The SMILES string of the molecule is COc1cccc(/C=N/NC(=O)CN(C2CCCCC2)S(C)(=O)=O)c1OC. The molecule has 0 saturated heterocycles. The summed E-state index contributed by atoms with van der Waals surface area (Å²) in [4.78, 5) is 12.2. The molecule has 1 aliphatic rings. The van der Waals surface area contributed by atoms with Gasteiger partial charge in [0.2, 0.25) is 10.0 Å². The zero-order chi connectivity index (χ0) is 19.9. The maximum Gasteiger partial charge on any atom is 0.255 e. The number of nitrogens with one attached hydrogen (secondary N) is 1. The Bertz CT molecular complexity index is 773. The maximum atomic E-state index is 12.2. The van der Waals surface area contributed by atoms with Gasteiger partial charge >= 0.3 is 0 Å².